The van der Waals surface area contributed by atoms with E-state index in [0.29, 0.717) is 5.56 Å². The molecule has 0 aliphatic heterocycles. The molecule has 0 aliphatic rings. The maximum absolute atomic E-state index is 7.46. The zero-order valence-electron chi connectivity index (χ0n) is 10.7. The van der Waals surface area contributed by atoms with E-state index in [4.69, 9.17) is 11.1 Å². The number of pyridine rings is 1. The topological polar surface area (TPSA) is 62.8 Å². The third kappa shape index (κ3) is 2.65. The predicted molar refractivity (Wildman–Crippen MR) is 83.3 cm³/mol. The zero-order valence-corrected chi connectivity index (χ0v) is 11.5. The van der Waals surface area contributed by atoms with Crippen LogP contribution >= 0.6 is 11.8 Å². The third-order valence-corrected chi connectivity index (χ3v) is 3.91. The van der Waals surface area contributed by atoms with Gasteiger partial charge in [0.2, 0.25) is 0 Å². The smallest absolute Gasteiger partial charge is 0.122 e. The molecule has 4 heteroatoms. The number of aromatic nitrogens is 1. The second kappa shape index (κ2) is 5.35. The molecule has 1 heterocycles. The largest absolute Gasteiger partial charge is 0.384 e. The van der Waals surface area contributed by atoms with Crippen molar-refractivity contribution in [2.24, 2.45) is 5.73 Å². The monoisotopic (exact) mass is 279 g/mol. The van der Waals surface area contributed by atoms with Gasteiger partial charge in [-0.2, -0.15) is 0 Å². The molecule has 3 rings (SSSR count). The summed E-state index contributed by atoms with van der Waals surface area (Å²) in [5.74, 6) is 0.0627. The number of hydrogen-bond acceptors (Lipinski definition) is 3. The summed E-state index contributed by atoms with van der Waals surface area (Å²) >= 11 is 1.57. The van der Waals surface area contributed by atoms with Crippen LogP contribution in [-0.4, -0.2) is 10.8 Å². The van der Waals surface area contributed by atoms with Crippen LogP contribution in [0.1, 0.15) is 5.56 Å². The summed E-state index contributed by atoms with van der Waals surface area (Å²) in [6, 6.07) is 18.2. The van der Waals surface area contributed by atoms with Crippen molar-refractivity contribution in [3.63, 3.8) is 0 Å². The first-order valence-electron chi connectivity index (χ1n) is 6.19. The molecule has 0 spiro atoms. The molecule has 0 radical (unpaired) electrons. The minimum absolute atomic E-state index is 0.0627. The lowest BCUT2D eigenvalue weighted by atomic mass is 10.1. The molecular formula is C16H13N3S. The maximum Gasteiger partial charge on any atom is 0.122 e. The Balaban J connectivity index is 1.92. The molecule has 20 heavy (non-hydrogen) atoms. The molecular weight excluding hydrogens is 266 g/mol. The third-order valence-electron chi connectivity index (χ3n) is 2.99. The number of amidine groups is 1. The zero-order chi connectivity index (χ0) is 13.9. The Morgan fingerprint density at radius 2 is 1.80 bits per heavy atom. The maximum atomic E-state index is 7.46. The van der Waals surface area contributed by atoms with E-state index in [0.717, 1.165) is 9.92 Å². The molecule has 3 nitrogen and oxygen atoms in total. The van der Waals surface area contributed by atoms with Crippen molar-refractivity contribution in [2.75, 3.05) is 0 Å². The molecule has 0 fully saturated rings. The van der Waals surface area contributed by atoms with Crippen LogP contribution in [0.3, 0.4) is 0 Å². The van der Waals surface area contributed by atoms with Gasteiger partial charge in [-0.15, -0.1) is 0 Å². The summed E-state index contributed by atoms with van der Waals surface area (Å²) in [7, 11) is 0. The van der Waals surface area contributed by atoms with E-state index in [1.165, 1.54) is 10.8 Å². The fraction of sp³-hybridized carbons (Fsp3) is 0. The Hall–Kier alpha value is -2.33. The van der Waals surface area contributed by atoms with Crippen LogP contribution in [-0.2, 0) is 0 Å². The number of nitrogen functional groups attached to an aromatic ring is 1. The van der Waals surface area contributed by atoms with E-state index in [9.17, 15) is 0 Å². The van der Waals surface area contributed by atoms with Gasteiger partial charge in [-0.05, 0) is 35.0 Å². The van der Waals surface area contributed by atoms with Gasteiger partial charge in [0.15, 0.2) is 0 Å². The molecule has 0 atom stereocenters. The quantitative estimate of drug-likeness (QED) is 0.568. The number of rotatable bonds is 3. The number of fused-ring (bicyclic) bond motifs is 1. The lowest BCUT2D eigenvalue weighted by Crippen LogP contribution is -2.10. The Morgan fingerprint density at radius 3 is 2.60 bits per heavy atom. The number of benzene rings is 2. The lowest BCUT2D eigenvalue weighted by molar-refractivity contribution is 1.12. The van der Waals surface area contributed by atoms with Gasteiger partial charge in [0, 0.05) is 16.7 Å². The normalized spacial score (nSPS) is 10.6. The van der Waals surface area contributed by atoms with Crippen molar-refractivity contribution in [2.45, 2.75) is 9.92 Å². The number of nitrogens with one attached hydrogen (secondary N) is 1. The van der Waals surface area contributed by atoms with Crippen molar-refractivity contribution in [1.82, 2.24) is 4.98 Å². The summed E-state index contributed by atoms with van der Waals surface area (Å²) < 4.78 is 0. The van der Waals surface area contributed by atoms with Gasteiger partial charge in [0.05, 0.1) is 0 Å². The van der Waals surface area contributed by atoms with E-state index in [-0.39, 0.29) is 5.84 Å². The van der Waals surface area contributed by atoms with Gasteiger partial charge < -0.3 is 5.73 Å². The standard InChI is InChI=1S/C16H13N3S/c17-16(18)13-7-8-19-15(10-13)20-14-6-5-11-3-1-2-4-12(11)9-14/h1-10H,(H3,17,18). The molecule has 0 amide bonds. The van der Waals surface area contributed by atoms with Crippen LogP contribution < -0.4 is 5.73 Å². The van der Waals surface area contributed by atoms with Gasteiger partial charge in [0.1, 0.15) is 10.9 Å². The highest BCUT2D eigenvalue weighted by Crippen LogP contribution is 2.29. The van der Waals surface area contributed by atoms with E-state index < -0.39 is 0 Å². The summed E-state index contributed by atoms with van der Waals surface area (Å²) in [6.07, 6.45) is 1.68. The van der Waals surface area contributed by atoms with E-state index in [1.54, 1.807) is 24.0 Å². The molecule has 0 aliphatic carbocycles. The Morgan fingerprint density at radius 1 is 1.00 bits per heavy atom. The predicted octanol–water partition coefficient (Wildman–Crippen LogP) is 3.67. The first-order chi connectivity index (χ1) is 9.72. The molecule has 0 saturated heterocycles. The van der Waals surface area contributed by atoms with Gasteiger partial charge in [-0.1, -0.05) is 42.1 Å². The van der Waals surface area contributed by atoms with Crippen LogP contribution in [0, 0.1) is 5.41 Å². The molecule has 0 unspecified atom stereocenters. The summed E-state index contributed by atoms with van der Waals surface area (Å²) in [5.41, 5.74) is 6.19. The highest BCUT2D eigenvalue weighted by molar-refractivity contribution is 7.99. The average molecular weight is 279 g/mol. The summed E-state index contributed by atoms with van der Waals surface area (Å²) in [5, 5.41) is 10.7. The second-order valence-electron chi connectivity index (χ2n) is 4.41. The molecule has 2 aromatic carbocycles. The van der Waals surface area contributed by atoms with E-state index in [2.05, 4.69) is 35.3 Å². The number of nitrogens with two attached hydrogens (primary N) is 1. The number of hydrogen-bond donors (Lipinski definition) is 2. The van der Waals surface area contributed by atoms with Crippen LogP contribution in [0.25, 0.3) is 10.8 Å². The van der Waals surface area contributed by atoms with Crippen LogP contribution in [0.4, 0.5) is 0 Å². The van der Waals surface area contributed by atoms with Crippen LogP contribution in [0.5, 0.6) is 0 Å². The highest BCUT2D eigenvalue weighted by Gasteiger charge is 2.03. The minimum atomic E-state index is 0.0627. The molecule has 0 bridgehead atoms. The van der Waals surface area contributed by atoms with Gasteiger partial charge in [0.25, 0.3) is 0 Å². The summed E-state index contributed by atoms with van der Waals surface area (Å²) in [6.45, 7) is 0. The molecule has 3 aromatic rings. The Bertz CT molecular complexity index is 783. The second-order valence-corrected chi connectivity index (χ2v) is 5.50. The SMILES string of the molecule is N=C(N)c1ccnc(Sc2ccc3ccccc3c2)c1. The fourth-order valence-electron chi connectivity index (χ4n) is 1.98. The molecule has 98 valence electrons. The van der Waals surface area contributed by atoms with Crippen LogP contribution in [0.2, 0.25) is 0 Å². The van der Waals surface area contributed by atoms with Crippen molar-refractivity contribution in [3.8, 4) is 0 Å². The van der Waals surface area contributed by atoms with Crippen molar-refractivity contribution >= 4 is 28.4 Å². The molecule has 3 N–H and O–H groups in total. The van der Waals surface area contributed by atoms with E-state index in [1.807, 2.05) is 18.2 Å². The fourth-order valence-corrected chi connectivity index (χ4v) is 2.85. The van der Waals surface area contributed by atoms with Crippen LogP contribution in [0.15, 0.2) is 70.7 Å². The van der Waals surface area contributed by atoms with Gasteiger partial charge >= 0.3 is 0 Å². The van der Waals surface area contributed by atoms with Crippen molar-refractivity contribution in [1.29, 1.82) is 5.41 Å². The average Bonchev–Trinajstić information content (AvgIpc) is 2.47. The van der Waals surface area contributed by atoms with Gasteiger partial charge in [-0.25, -0.2) is 4.98 Å². The minimum Gasteiger partial charge on any atom is -0.384 e. The Kier molecular flexibility index (Phi) is 3.39. The first kappa shape index (κ1) is 12.7. The Labute approximate surface area is 121 Å². The highest BCUT2D eigenvalue weighted by atomic mass is 32.2. The molecule has 0 saturated carbocycles. The van der Waals surface area contributed by atoms with Crippen molar-refractivity contribution < 1.29 is 0 Å². The van der Waals surface area contributed by atoms with Crippen molar-refractivity contribution in [3.05, 3.63) is 66.4 Å². The summed E-state index contributed by atoms with van der Waals surface area (Å²) in [4.78, 5) is 5.43. The first-order valence-corrected chi connectivity index (χ1v) is 7.01. The number of nitrogens with zero attached hydrogens (tertiary/aromatic N) is 1. The molecule has 1 aromatic heterocycles. The lowest BCUT2D eigenvalue weighted by Gasteiger charge is -2.04. The van der Waals surface area contributed by atoms with E-state index >= 15 is 0 Å². The van der Waals surface area contributed by atoms with Gasteiger partial charge in [-0.3, -0.25) is 5.41 Å².